The molecule has 3 rings (SSSR count). The quantitative estimate of drug-likeness (QED) is 0.848. The predicted molar refractivity (Wildman–Crippen MR) is 67.2 cm³/mol. The summed E-state index contributed by atoms with van der Waals surface area (Å²) < 4.78 is 0. The molecule has 0 radical (unpaired) electrons. The Morgan fingerprint density at radius 2 is 1.76 bits per heavy atom. The Kier molecular flexibility index (Phi) is 2.87. The first kappa shape index (κ1) is 10.8. The number of amides is 1. The standard InChI is InChI=1S/C15H19NO/c17-15(14-12-8-4-5-9-13(12)14)16-10-11-6-2-1-3-7-11/h1-3,6-7,12-14H,4-5,8-10H2,(H,16,17)/t12-,13+,14?. The zero-order valence-corrected chi connectivity index (χ0v) is 10.1. The van der Waals surface area contributed by atoms with E-state index in [4.69, 9.17) is 0 Å². The molecule has 0 saturated heterocycles. The lowest BCUT2D eigenvalue weighted by atomic mass is 10.0. The molecule has 1 unspecified atom stereocenters. The smallest absolute Gasteiger partial charge is 0.223 e. The fourth-order valence-electron chi connectivity index (χ4n) is 3.28. The van der Waals surface area contributed by atoms with Crippen LogP contribution in [0.4, 0.5) is 0 Å². The molecule has 1 N–H and O–H groups in total. The zero-order chi connectivity index (χ0) is 11.7. The van der Waals surface area contributed by atoms with E-state index in [1.807, 2.05) is 18.2 Å². The number of hydrogen-bond acceptors (Lipinski definition) is 1. The number of fused-ring (bicyclic) bond motifs is 1. The molecule has 0 aliphatic heterocycles. The maximum Gasteiger partial charge on any atom is 0.223 e. The van der Waals surface area contributed by atoms with Gasteiger partial charge in [0.25, 0.3) is 0 Å². The van der Waals surface area contributed by atoms with Gasteiger partial charge in [0.2, 0.25) is 5.91 Å². The largest absolute Gasteiger partial charge is 0.352 e. The monoisotopic (exact) mass is 229 g/mol. The molecule has 1 aromatic rings. The molecule has 2 aliphatic rings. The molecule has 17 heavy (non-hydrogen) atoms. The van der Waals surface area contributed by atoms with Crippen molar-refractivity contribution in [2.24, 2.45) is 17.8 Å². The Labute approximate surface area is 102 Å². The highest BCUT2D eigenvalue weighted by atomic mass is 16.2. The van der Waals surface area contributed by atoms with E-state index < -0.39 is 0 Å². The minimum absolute atomic E-state index is 0.283. The number of benzene rings is 1. The van der Waals surface area contributed by atoms with Gasteiger partial charge < -0.3 is 5.32 Å². The molecule has 1 amide bonds. The minimum atomic E-state index is 0.283. The Bertz CT molecular complexity index is 389. The van der Waals surface area contributed by atoms with E-state index in [0.29, 0.717) is 24.3 Å². The fourth-order valence-corrected chi connectivity index (χ4v) is 3.28. The van der Waals surface area contributed by atoms with Gasteiger partial charge in [0.05, 0.1) is 0 Å². The van der Waals surface area contributed by atoms with Crippen molar-refractivity contribution in [2.45, 2.75) is 32.2 Å². The molecule has 2 saturated carbocycles. The summed E-state index contributed by atoms with van der Waals surface area (Å²) in [6.45, 7) is 0.676. The number of rotatable bonds is 3. The summed E-state index contributed by atoms with van der Waals surface area (Å²) in [7, 11) is 0. The first-order valence-electron chi connectivity index (χ1n) is 6.68. The normalized spacial score (nSPS) is 30.5. The summed E-state index contributed by atoms with van der Waals surface area (Å²) in [5.41, 5.74) is 1.18. The van der Waals surface area contributed by atoms with E-state index in [1.165, 1.54) is 31.2 Å². The Balaban J connectivity index is 1.51. The highest BCUT2D eigenvalue weighted by molar-refractivity contribution is 5.82. The van der Waals surface area contributed by atoms with E-state index in [9.17, 15) is 4.79 Å². The molecule has 0 bridgehead atoms. The molecule has 2 fully saturated rings. The van der Waals surface area contributed by atoms with Crippen LogP contribution in [0.25, 0.3) is 0 Å². The van der Waals surface area contributed by atoms with Crippen molar-refractivity contribution < 1.29 is 4.79 Å². The highest BCUT2D eigenvalue weighted by Crippen LogP contribution is 2.55. The number of carbonyl (C=O) groups is 1. The molecule has 3 atom stereocenters. The molecule has 0 heterocycles. The highest BCUT2D eigenvalue weighted by Gasteiger charge is 2.54. The third-order valence-corrected chi connectivity index (χ3v) is 4.27. The maximum atomic E-state index is 12.0. The van der Waals surface area contributed by atoms with Gasteiger partial charge >= 0.3 is 0 Å². The van der Waals surface area contributed by atoms with E-state index >= 15 is 0 Å². The van der Waals surface area contributed by atoms with Crippen LogP contribution in [0, 0.1) is 17.8 Å². The molecular formula is C15H19NO. The van der Waals surface area contributed by atoms with E-state index in [-0.39, 0.29) is 5.91 Å². The maximum absolute atomic E-state index is 12.0. The molecule has 90 valence electrons. The number of nitrogens with one attached hydrogen (secondary N) is 1. The molecular weight excluding hydrogens is 210 g/mol. The van der Waals surface area contributed by atoms with Crippen molar-refractivity contribution in [1.82, 2.24) is 5.32 Å². The summed E-state index contributed by atoms with van der Waals surface area (Å²) >= 11 is 0. The van der Waals surface area contributed by atoms with Crippen molar-refractivity contribution in [3.8, 4) is 0 Å². The van der Waals surface area contributed by atoms with Crippen LogP contribution in [0.3, 0.4) is 0 Å². The molecule has 2 heteroatoms. The van der Waals surface area contributed by atoms with Crippen LogP contribution in [0.15, 0.2) is 30.3 Å². The van der Waals surface area contributed by atoms with Gasteiger partial charge in [-0.2, -0.15) is 0 Å². The number of carbonyl (C=O) groups excluding carboxylic acids is 1. The third kappa shape index (κ3) is 2.21. The zero-order valence-electron chi connectivity index (χ0n) is 10.1. The topological polar surface area (TPSA) is 29.1 Å². The van der Waals surface area contributed by atoms with Crippen LogP contribution in [-0.2, 0) is 11.3 Å². The van der Waals surface area contributed by atoms with Crippen molar-refractivity contribution in [1.29, 1.82) is 0 Å². The molecule has 2 aliphatic carbocycles. The van der Waals surface area contributed by atoms with Crippen LogP contribution in [-0.4, -0.2) is 5.91 Å². The van der Waals surface area contributed by atoms with Gasteiger partial charge in [0, 0.05) is 12.5 Å². The first-order chi connectivity index (χ1) is 8.36. The van der Waals surface area contributed by atoms with Gasteiger partial charge in [0.1, 0.15) is 0 Å². The lowest BCUT2D eigenvalue weighted by molar-refractivity contribution is -0.123. The summed E-state index contributed by atoms with van der Waals surface area (Å²) in [6, 6.07) is 10.1. The van der Waals surface area contributed by atoms with Crippen LogP contribution < -0.4 is 5.32 Å². The fraction of sp³-hybridized carbons (Fsp3) is 0.533. The van der Waals surface area contributed by atoms with Gasteiger partial charge in [-0.1, -0.05) is 43.2 Å². The third-order valence-electron chi connectivity index (χ3n) is 4.27. The second-order valence-corrected chi connectivity index (χ2v) is 5.34. The summed E-state index contributed by atoms with van der Waals surface area (Å²) in [5, 5.41) is 3.08. The van der Waals surface area contributed by atoms with Gasteiger partial charge in [-0.15, -0.1) is 0 Å². The summed E-state index contributed by atoms with van der Waals surface area (Å²) in [4.78, 5) is 12.0. The second-order valence-electron chi connectivity index (χ2n) is 5.34. The van der Waals surface area contributed by atoms with Crippen molar-refractivity contribution >= 4 is 5.91 Å². The van der Waals surface area contributed by atoms with Crippen LogP contribution in [0.1, 0.15) is 31.2 Å². The van der Waals surface area contributed by atoms with Crippen LogP contribution in [0.5, 0.6) is 0 Å². The lowest BCUT2D eigenvalue weighted by Crippen LogP contribution is -2.25. The summed E-state index contributed by atoms with van der Waals surface area (Å²) in [6.07, 6.45) is 5.19. The lowest BCUT2D eigenvalue weighted by Gasteiger charge is -2.04. The summed E-state index contributed by atoms with van der Waals surface area (Å²) in [5.74, 6) is 2.03. The first-order valence-corrected chi connectivity index (χ1v) is 6.68. The van der Waals surface area contributed by atoms with Crippen molar-refractivity contribution in [3.05, 3.63) is 35.9 Å². The molecule has 2 nitrogen and oxygen atoms in total. The second kappa shape index (κ2) is 4.52. The average molecular weight is 229 g/mol. The molecule has 1 aromatic carbocycles. The van der Waals surface area contributed by atoms with Gasteiger partial charge in [-0.3, -0.25) is 4.79 Å². The van der Waals surface area contributed by atoms with Crippen LogP contribution >= 0.6 is 0 Å². The van der Waals surface area contributed by atoms with Crippen molar-refractivity contribution in [3.63, 3.8) is 0 Å². The Morgan fingerprint density at radius 3 is 2.41 bits per heavy atom. The molecule has 0 spiro atoms. The SMILES string of the molecule is O=C(NCc1ccccc1)C1[C@H]2CCCC[C@@H]12. The number of hydrogen-bond donors (Lipinski definition) is 1. The molecule has 0 aromatic heterocycles. The Hall–Kier alpha value is -1.31. The average Bonchev–Trinajstić information content (AvgIpc) is 3.11. The Morgan fingerprint density at radius 1 is 1.12 bits per heavy atom. The van der Waals surface area contributed by atoms with Crippen LogP contribution in [0.2, 0.25) is 0 Å². The van der Waals surface area contributed by atoms with Gasteiger partial charge in [0.15, 0.2) is 0 Å². The van der Waals surface area contributed by atoms with Crippen molar-refractivity contribution in [2.75, 3.05) is 0 Å². The van der Waals surface area contributed by atoms with E-state index in [1.54, 1.807) is 0 Å². The van der Waals surface area contributed by atoms with E-state index in [2.05, 4.69) is 17.4 Å². The van der Waals surface area contributed by atoms with E-state index in [0.717, 1.165) is 0 Å². The minimum Gasteiger partial charge on any atom is -0.352 e. The predicted octanol–water partition coefficient (Wildman–Crippen LogP) is 2.74. The van der Waals surface area contributed by atoms with Gasteiger partial charge in [-0.05, 0) is 30.2 Å². The van der Waals surface area contributed by atoms with Gasteiger partial charge in [-0.25, -0.2) is 0 Å².